The van der Waals surface area contributed by atoms with Gasteiger partial charge in [0.05, 0.1) is 6.42 Å². The summed E-state index contributed by atoms with van der Waals surface area (Å²) >= 11 is 12.0. The summed E-state index contributed by atoms with van der Waals surface area (Å²) in [5.74, 6) is -0.402. The predicted molar refractivity (Wildman–Crippen MR) is 108 cm³/mol. The number of amides is 1. The van der Waals surface area contributed by atoms with Crippen LogP contribution in [0.5, 0.6) is 5.75 Å². The van der Waals surface area contributed by atoms with Crippen molar-refractivity contribution in [3.05, 3.63) is 57.6 Å². The Kier molecular flexibility index (Phi) is 6.19. The number of rotatable bonds is 4. The van der Waals surface area contributed by atoms with Gasteiger partial charge in [-0.1, -0.05) is 35.3 Å². The van der Waals surface area contributed by atoms with E-state index in [1.54, 1.807) is 36.1 Å². The highest BCUT2D eigenvalue weighted by atomic mass is 35.5. The van der Waals surface area contributed by atoms with Crippen molar-refractivity contribution in [2.45, 2.75) is 18.2 Å². The van der Waals surface area contributed by atoms with Crippen molar-refractivity contribution in [3.63, 3.8) is 0 Å². The summed E-state index contributed by atoms with van der Waals surface area (Å²) in [4.78, 5) is 14.1. The Labute approximate surface area is 174 Å². The van der Waals surface area contributed by atoms with E-state index >= 15 is 0 Å². The molecule has 0 aliphatic carbocycles. The zero-order valence-electron chi connectivity index (χ0n) is 15.2. The van der Waals surface area contributed by atoms with Gasteiger partial charge in [0.15, 0.2) is 0 Å². The molecule has 9 heteroatoms. The number of phenols is 1. The summed E-state index contributed by atoms with van der Waals surface area (Å²) in [6, 6.07) is 9.44. The van der Waals surface area contributed by atoms with E-state index in [4.69, 9.17) is 23.2 Å². The molecule has 0 radical (unpaired) electrons. The molecule has 1 N–H and O–H groups in total. The quantitative estimate of drug-likeness (QED) is 0.788. The third kappa shape index (κ3) is 4.43. The highest BCUT2D eigenvalue weighted by Gasteiger charge is 2.32. The number of phenolic OH excluding ortho intramolecular Hbond substituents is 1. The van der Waals surface area contributed by atoms with E-state index in [0.29, 0.717) is 15.6 Å². The number of aryl methyl sites for hydroxylation is 1. The Balaban J connectivity index is 1.66. The van der Waals surface area contributed by atoms with Crippen LogP contribution in [0.2, 0.25) is 10.0 Å². The average molecular weight is 443 g/mol. The first-order valence-corrected chi connectivity index (χ1v) is 10.9. The first kappa shape index (κ1) is 20.9. The molecule has 1 aliphatic rings. The van der Waals surface area contributed by atoms with Gasteiger partial charge in [-0.2, -0.15) is 4.31 Å². The predicted octanol–water partition coefficient (Wildman–Crippen LogP) is 3.08. The van der Waals surface area contributed by atoms with E-state index in [2.05, 4.69) is 0 Å². The molecular formula is C19H20Cl2N2O4S. The summed E-state index contributed by atoms with van der Waals surface area (Å²) in [6.45, 7) is 2.63. The zero-order chi connectivity index (χ0) is 20.5. The molecule has 0 spiro atoms. The Morgan fingerprint density at radius 1 is 1.07 bits per heavy atom. The Hall–Kier alpha value is -1.80. The van der Waals surface area contributed by atoms with Crippen molar-refractivity contribution < 1.29 is 18.3 Å². The van der Waals surface area contributed by atoms with Crippen LogP contribution in [0, 0.1) is 6.92 Å². The van der Waals surface area contributed by atoms with Gasteiger partial charge in [0.1, 0.15) is 10.6 Å². The second kappa shape index (κ2) is 8.29. The fraction of sp³-hybridized carbons (Fsp3) is 0.316. The molecule has 150 valence electrons. The number of nitrogens with zero attached hydrogens (tertiary/aromatic N) is 2. The maximum absolute atomic E-state index is 12.8. The molecule has 1 saturated heterocycles. The first-order chi connectivity index (χ1) is 13.2. The van der Waals surface area contributed by atoms with E-state index in [1.165, 1.54) is 16.4 Å². The normalized spacial score (nSPS) is 15.6. The van der Waals surface area contributed by atoms with Gasteiger partial charge in [0.2, 0.25) is 15.9 Å². The fourth-order valence-corrected chi connectivity index (χ4v) is 5.15. The largest absolute Gasteiger partial charge is 0.507 e. The molecular weight excluding hydrogens is 423 g/mol. The molecule has 1 fully saturated rings. The molecule has 1 heterocycles. The van der Waals surface area contributed by atoms with Gasteiger partial charge < -0.3 is 10.0 Å². The SMILES string of the molecule is Cc1ccc(O)c(S(=O)(=O)N2CCN(C(=O)Cc3ccc(Cl)cc3Cl)CC2)c1. The topological polar surface area (TPSA) is 77.9 Å². The minimum Gasteiger partial charge on any atom is -0.507 e. The lowest BCUT2D eigenvalue weighted by Gasteiger charge is -2.34. The smallest absolute Gasteiger partial charge is 0.246 e. The lowest BCUT2D eigenvalue weighted by atomic mass is 10.1. The highest BCUT2D eigenvalue weighted by molar-refractivity contribution is 7.89. The number of carbonyl (C=O) groups is 1. The van der Waals surface area contributed by atoms with E-state index in [1.807, 2.05) is 0 Å². The lowest BCUT2D eigenvalue weighted by Crippen LogP contribution is -2.50. The van der Waals surface area contributed by atoms with Crippen LogP contribution in [0.15, 0.2) is 41.3 Å². The maximum Gasteiger partial charge on any atom is 0.246 e. The van der Waals surface area contributed by atoms with Crippen LogP contribution in [0.4, 0.5) is 0 Å². The molecule has 28 heavy (non-hydrogen) atoms. The second-order valence-electron chi connectivity index (χ2n) is 6.67. The molecule has 2 aromatic rings. The number of aromatic hydroxyl groups is 1. The number of benzene rings is 2. The highest BCUT2D eigenvalue weighted by Crippen LogP contribution is 2.28. The molecule has 0 atom stereocenters. The van der Waals surface area contributed by atoms with Crippen molar-refractivity contribution in [3.8, 4) is 5.75 Å². The van der Waals surface area contributed by atoms with Crippen LogP contribution in [0.3, 0.4) is 0 Å². The minimum absolute atomic E-state index is 0.111. The van der Waals surface area contributed by atoms with Crippen LogP contribution in [-0.2, 0) is 21.2 Å². The van der Waals surface area contributed by atoms with Crippen LogP contribution < -0.4 is 0 Å². The molecule has 3 rings (SSSR count). The van der Waals surface area contributed by atoms with Gasteiger partial charge in [-0.25, -0.2) is 8.42 Å². The van der Waals surface area contributed by atoms with Gasteiger partial charge >= 0.3 is 0 Å². The number of carbonyl (C=O) groups excluding carboxylic acids is 1. The Morgan fingerprint density at radius 3 is 2.39 bits per heavy atom. The summed E-state index contributed by atoms with van der Waals surface area (Å²) < 4.78 is 27.0. The van der Waals surface area contributed by atoms with Crippen molar-refractivity contribution in [2.75, 3.05) is 26.2 Å². The lowest BCUT2D eigenvalue weighted by molar-refractivity contribution is -0.131. The maximum atomic E-state index is 12.8. The standard InChI is InChI=1S/C19H20Cl2N2O4S/c1-13-2-5-17(24)18(10-13)28(26,27)23-8-6-22(7-9-23)19(25)11-14-3-4-15(20)12-16(14)21/h2-5,10,12,24H,6-9,11H2,1H3. The number of piperazine rings is 1. The van der Waals surface area contributed by atoms with Crippen molar-refractivity contribution >= 4 is 39.1 Å². The van der Waals surface area contributed by atoms with Gasteiger partial charge in [0, 0.05) is 36.2 Å². The molecule has 0 saturated carbocycles. The number of sulfonamides is 1. The molecule has 1 aliphatic heterocycles. The monoisotopic (exact) mass is 442 g/mol. The van der Waals surface area contributed by atoms with Crippen LogP contribution >= 0.6 is 23.2 Å². The average Bonchev–Trinajstić information content (AvgIpc) is 2.66. The van der Waals surface area contributed by atoms with Crippen molar-refractivity contribution in [1.82, 2.24) is 9.21 Å². The Bertz CT molecular complexity index is 1000. The second-order valence-corrected chi connectivity index (χ2v) is 9.42. The van der Waals surface area contributed by atoms with Crippen molar-refractivity contribution in [1.29, 1.82) is 0 Å². The van der Waals surface area contributed by atoms with Gasteiger partial charge in [-0.3, -0.25) is 4.79 Å². The van der Waals surface area contributed by atoms with E-state index < -0.39 is 10.0 Å². The van der Waals surface area contributed by atoms with Crippen LogP contribution in [0.25, 0.3) is 0 Å². The number of halogens is 2. The van der Waals surface area contributed by atoms with Gasteiger partial charge in [0.25, 0.3) is 0 Å². The van der Waals surface area contributed by atoms with E-state index in [9.17, 15) is 18.3 Å². The summed E-state index contributed by atoms with van der Waals surface area (Å²) in [6.07, 6.45) is 0.126. The van der Waals surface area contributed by atoms with E-state index in [0.717, 1.165) is 5.56 Å². The van der Waals surface area contributed by atoms with Crippen LogP contribution in [-0.4, -0.2) is 54.8 Å². The number of hydrogen-bond acceptors (Lipinski definition) is 4. The third-order valence-electron chi connectivity index (χ3n) is 4.68. The van der Waals surface area contributed by atoms with Gasteiger partial charge in [-0.05, 0) is 42.3 Å². The van der Waals surface area contributed by atoms with Crippen molar-refractivity contribution in [2.24, 2.45) is 0 Å². The molecule has 2 aromatic carbocycles. The van der Waals surface area contributed by atoms with Gasteiger partial charge in [-0.15, -0.1) is 0 Å². The first-order valence-electron chi connectivity index (χ1n) is 8.70. The molecule has 0 unspecified atom stereocenters. The number of hydrogen-bond donors (Lipinski definition) is 1. The summed E-state index contributed by atoms with van der Waals surface area (Å²) in [5.41, 5.74) is 1.42. The summed E-state index contributed by atoms with van der Waals surface area (Å²) in [7, 11) is -3.83. The molecule has 0 bridgehead atoms. The third-order valence-corrected chi connectivity index (χ3v) is 7.20. The van der Waals surface area contributed by atoms with Crippen LogP contribution in [0.1, 0.15) is 11.1 Å². The fourth-order valence-electron chi connectivity index (χ4n) is 3.08. The zero-order valence-corrected chi connectivity index (χ0v) is 17.6. The minimum atomic E-state index is -3.83. The molecule has 1 amide bonds. The molecule has 0 aromatic heterocycles. The summed E-state index contributed by atoms with van der Waals surface area (Å²) in [5, 5.41) is 10.9. The molecule has 6 nitrogen and oxygen atoms in total. The van der Waals surface area contributed by atoms with E-state index in [-0.39, 0.29) is 49.2 Å². The Morgan fingerprint density at radius 2 is 1.75 bits per heavy atom.